The van der Waals surface area contributed by atoms with Crippen molar-refractivity contribution < 1.29 is 4.79 Å². The Hall–Kier alpha value is -2.39. The maximum absolute atomic E-state index is 13.4. The number of nitrogens with one attached hydrogen (secondary N) is 1. The molecule has 1 atom stereocenters. The van der Waals surface area contributed by atoms with Gasteiger partial charge in [0.15, 0.2) is 0 Å². The second-order valence-corrected chi connectivity index (χ2v) is 6.65. The van der Waals surface area contributed by atoms with Gasteiger partial charge in [-0.3, -0.25) is 4.79 Å². The molecule has 0 aromatic heterocycles. The first kappa shape index (κ1) is 18.9. The molecule has 2 aromatic rings. The molecule has 3 nitrogen and oxygen atoms in total. The first-order valence-electron chi connectivity index (χ1n) is 8.69. The molecule has 2 aromatic carbocycles. The number of rotatable bonds is 8. The van der Waals surface area contributed by atoms with Gasteiger partial charge in [-0.2, -0.15) is 0 Å². The van der Waals surface area contributed by atoms with E-state index in [2.05, 4.69) is 23.7 Å². The Kier molecular flexibility index (Phi) is 6.54. The number of benzene rings is 2. The maximum atomic E-state index is 13.4. The van der Waals surface area contributed by atoms with Crippen LogP contribution in [-0.4, -0.2) is 37.5 Å². The Bertz CT molecular complexity index is 640. The van der Waals surface area contributed by atoms with E-state index in [-0.39, 0.29) is 11.9 Å². The van der Waals surface area contributed by atoms with E-state index in [0.29, 0.717) is 13.0 Å². The van der Waals surface area contributed by atoms with Crippen LogP contribution in [0, 0.1) is 0 Å². The molecular formula is C22H28N2O. The van der Waals surface area contributed by atoms with E-state index in [1.54, 1.807) is 6.08 Å². The maximum Gasteiger partial charge on any atom is 0.235 e. The van der Waals surface area contributed by atoms with E-state index in [9.17, 15) is 4.79 Å². The first-order chi connectivity index (χ1) is 12.0. The van der Waals surface area contributed by atoms with Gasteiger partial charge < -0.3 is 10.2 Å². The van der Waals surface area contributed by atoms with E-state index in [4.69, 9.17) is 0 Å². The third-order valence-corrected chi connectivity index (χ3v) is 4.81. The Morgan fingerprint density at radius 3 is 1.96 bits per heavy atom. The summed E-state index contributed by atoms with van der Waals surface area (Å²) in [5, 5.41) is 3.04. The summed E-state index contributed by atoms with van der Waals surface area (Å²) in [5.41, 5.74) is 1.28. The largest absolute Gasteiger partial charge is 0.352 e. The highest BCUT2D eigenvalue weighted by atomic mass is 16.2. The highest BCUT2D eigenvalue weighted by Gasteiger charge is 2.43. The monoisotopic (exact) mass is 336 g/mol. The Morgan fingerprint density at radius 2 is 1.56 bits per heavy atom. The summed E-state index contributed by atoms with van der Waals surface area (Å²) in [6.45, 7) is 6.34. The number of carbonyl (C=O) groups is 1. The molecule has 25 heavy (non-hydrogen) atoms. The van der Waals surface area contributed by atoms with Crippen molar-refractivity contribution in [1.29, 1.82) is 0 Å². The van der Waals surface area contributed by atoms with Gasteiger partial charge in [-0.25, -0.2) is 0 Å². The standard InChI is InChI=1S/C22H28N2O/c1-5-16-23-21(25)22(17-18(2)24(3)4,19-12-8-6-9-13-19)20-14-10-7-11-15-20/h5-15,18H,1,16-17H2,2-4H3,(H,23,25). The van der Waals surface area contributed by atoms with E-state index in [1.165, 1.54) is 0 Å². The summed E-state index contributed by atoms with van der Waals surface area (Å²) >= 11 is 0. The number of carbonyl (C=O) groups excluding carboxylic acids is 1. The van der Waals surface area contributed by atoms with Gasteiger partial charge in [0.1, 0.15) is 5.41 Å². The summed E-state index contributed by atoms with van der Waals surface area (Å²) in [6.07, 6.45) is 2.41. The van der Waals surface area contributed by atoms with Crippen molar-refractivity contribution in [1.82, 2.24) is 10.2 Å². The van der Waals surface area contributed by atoms with Crippen LogP contribution in [-0.2, 0) is 10.2 Å². The number of nitrogens with zero attached hydrogens (tertiary/aromatic N) is 1. The molecule has 2 rings (SSSR count). The minimum absolute atomic E-state index is 0.0125. The molecule has 1 N–H and O–H groups in total. The average Bonchev–Trinajstić information content (AvgIpc) is 2.65. The van der Waals surface area contributed by atoms with Crippen LogP contribution in [0.25, 0.3) is 0 Å². The third-order valence-electron chi connectivity index (χ3n) is 4.81. The van der Waals surface area contributed by atoms with Gasteiger partial charge in [0.2, 0.25) is 5.91 Å². The van der Waals surface area contributed by atoms with Crippen LogP contribution < -0.4 is 5.32 Å². The van der Waals surface area contributed by atoms with Gasteiger partial charge in [0.05, 0.1) is 0 Å². The fourth-order valence-electron chi connectivity index (χ4n) is 3.14. The van der Waals surface area contributed by atoms with Gasteiger partial charge in [0, 0.05) is 12.6 Å². The van der Waals surface area contributed by atoms with E-state index in [0.717, 1.165) is 11.1 Å². The number of hydrogen-bond acceptors (Lipinski definition) is 2. The summed E-state index contributed by atoms with van der Waals surface area (Å²) < 4.78 is 0. The zero-order valence-electron chi connectivity index (χ0n) is 15.4. The number of amides is 1. The first-order valence-corrected chi connectivity index (χ1v) is 8.69. The molecule has 0 heterocycles. The molecule has 0 radical (unpaired) electrons. The highest BCUT2D eigenvalue weighted by molar-refractivity contribution is 5.92. The van der Waals surface area contributed by atoms with Gasteiger partial charge in [-0.05, 0) is 38.6 Å². The smallest absolute Gasteiger partial charge is 0.235 e. The topological polar surface area (TPSA) is 32.3 Å². The van der Waals surface area contributed by atoms with Crippen molar-refractivity contribution in [2.24, 2.45) is 0 Å². The Labute approximate surface area is 151 Å². The second kappa shape index (κ2) is 8.63. The van der Waals surface area contributed by atoms with Gasteiger partial charge in [-0.1, -0.05) is 66.7 Å². The fourth-order valence-corrected chi connectivity index (χ4v) is 3.14. The van der Waals surface area contributed by atoms with Gasteiger partial charge in [0.25, 0.3) is 0 Å². The van der Waals surface area contributed by atoms with Crippen molar-refractivity contribution in [3.63, 3.8) is 0 Å². The minimum Gasteiger partial charge on any atom is -0.352 e. The van der Waals surface area contributed by atoms with Crippen LogP contribution in [0.4, 0.5) is 0 Å². The van der Waals surface area contributed by atoms with Crippen molar-refractivity contribution in [3.8, 4) is 0 Å². The molecule has 0 saturated carbocycles. The summed E-state index contributed by atoms with van der Waals surface area (Å²) in [6, 6.07) is 20.4. The molecule has 1 amide bonds. The molecule has 0 aliphatic carbocycles. The molecule has 0 saturated heterocycles. The Morgan fingerprint density at radius 1 is 1.08 bits per heavy atom. The van der Waals surface area contributed by atoms with Gasteiger partial charge >= 0.3 is 0 Å². The molecule has 132 valence electrons. The average molecular weight is 336 g/mol. The van der Waals surface area contributed by atoms with Crippen LogP contribution in [0.3, 0.4) is 0 Å². The molecule has 0 bridgehead atoms. The SMILES string of the molecule is C=CCNC(=O)C(CC(C)N(C)C)(c1ccccc1)c1ccccc1. The van der Waals surface area contributed by atoms with Crippen LogP contribution in [0.15, 0.2) is 73.3 Å². The van der Waals surface area contributed by atoms with Gasteiger partial charge in [-0.15, -0.1) is 6.58 Å². The summed E-state index contributed by atoms with van der Waals surface area (Å²) in [7, 11) is 4.10. The zero-order chi connectivity index (χ0) is 18.3. The van der Waals surface area contributed by atoms with Crippen molar-refractivity contribution in [2.75, 3.05) is 20.6 Å². The van der Waals surface area contributed by atoms with Crippen molar-refractivity contribution in [3.05, 3.63) is 84.4 Å². The summed E-state index contributed by atoms with van der Waals surface area (Å²) in [5.74, 6) is 0.0125. The van der Waals surface area contributed by atoms with Crippen LogP contribution in [0.2, 0.25) is 0 Å². The normalized spacial score (nSPS) is 12.6. The molecular weight excluding hydrogens is 308 g/mol. The third kappa shape index (κ3) is 4.18. The van der Waals surface area contributed by atoms with Crippen LogP contribution in [0.5, 0.6) is 0 Å². The van der Waals surface area contributed by atoms with Crippen molar-refractivity contribution >= 4 is 5.91 Å². The zero-order valence-corrected chi connectivity index (χ0v) is 15.4. The quantitative estimate of drug-likeness (QED) is 0.747. The fraction of sp³-hybridized carbons (Fsp3) is 0.318. The molecule has 3 heteroatoms. The lowest BCUT2D eigenvalue weighted by molar-refractivity contribution is -0.125. The van der Waals surface area contributed by atoms with Crippen molar-refractivity contribution in [2.45, 2.75) is 24.8 Å². The Balaban J connectivity index is 2.64. The predicted molar refractivity (Wildman–Crippen MR) is 105 cm³/mol. The van der Waals surface area contributed by atoms with E-state index < -0.39 is 5.41 Å². The molecule has 1 unspecified atom stereocenters. The van der Waals surface area contributed by atoms with E-state index in [1.807, 2.05) is 74.8 Å². The van der Waals surface area contributed by atoms with E-state index >= 15 is 0 Å². The van der Waals surface area contributed by atoms with Crippen LogP contribution >= 0.6 is 0 Å². The highest BCUT2D eigenvalue weighted by Crippen LogP contribution is 2.38. The minimum atomic E-state index is -0.741. The number of hydrogen-bond donors (Lipinski definition) is 1. The lowest BCUT2D eigenvalue weighted by Crippen LogP contribution is -2.48. The molecule has 0 aliphatic rings. The second-order valence-electron chi connectivity index (χ2n) is 6.65. The van der Waals surface area contributed by atoms with Crippen LogP contribution in [0.1, 0.15) is 24.5 Å². The molecule has 0 fully saturated rings. The molecule has 0 spiro atoms. The molecule has 0 aliphatic heterocycles. The lowest BCUT2D eigenvalue weighted by atomic mass is 9.69. The summed E-state index contributed by atoms with van der Waals surface area (Å²) in [4.78, 5) is 15.6. The lowest BCUT2D eigenvalue weighted by Gasteiger charge is -2.37. The predicted octanol–water partition coefficient (Wildman–Crippen LogP) is 3.62.